The van der Waals surface area contributed by atoms with E-state index in [0.29, 0.717) is 11.4 Å². The molecule has 0 aliphatic rings. The van der Waals surface area contributed by atoms with Gasteiger partial charge in [0.1, 0.15) is 6.29 Å². The van der Waals surface area contributed by atoms with Crippen molar-refractivity contribution < 1.29 is 4.79 Å². The largest absolute Gasteiger partial charge is 0.382 e. The number of nitrogen functional groups attached to an aromatic ring is 1. The summed E-state index contributed by atoms with van der Waals surface area (Å²) in [7, 11) is 0. The standard InChI is InChI=1S/C9H7N3O/c10-9-8-2-1-6(5-13)3-7(8)4-11-12-9/h1-5H,(H2,10,12). The maximum Gasteiger partial charge on any atom is 0.153 e. The highest BCUT2D eigenvalue weighted by Crippen LogP contribution is 2.17. The molecule has 0 aliphatic heterocycles. The minimum absolute atomic E-state index is 0.384. The molecule has 0 unspecified atom stereocenters. The fourth-order valence-corrected chi connectivity index (χ4v) is 1.20. The molecule has 0 saturated carbocycles. The summed E-state index contributed by atoms with van der Waals surface area (Å²) in [6.07, 6.45) is 2.37. The molecule has 0 radical (unpaired) electrons. The second kappa shape index (κ2) is 2.82. The number of carbonyl (C=O) groups is 1. The first-order valence-corrected chi connectivity index (χ1v) is 3.77. The van der Waals surface area contributed by atoms with Crippen LogP contribution in [-0.4, -0.2) is 16.5 Å². The molecule has 13 heavy (non-hydrogen) atoms. The lowest BCUT2D eigenvalue weighted by Crippen LogP contribution is -1.94. The summed E-state index contributed by atoms with van der Waals surface area (Å²) in [5.41, 5.74) is 6.20. The Labute approximate surface area is 74.4 Å². The zero-order chi connectivity index (χ0) is 9.26. The number of rotatable bonds is 1. The van der Waals surface area contributed by atoms with Crippen molar-refractivity contribution in [2.45, 2.75) is 0 Å². The van der Waals surface area contributed by atoms with Crippen LogP contribution in [0.3, 0.4) is 0 Å². The van der Waals surface area contributed by atoms with Gasteiger partial charge in [-0.25, -0.2) is 0 Å². The van der Waals surface area contributed by atoms with Gasteiger partial charge in [0.25, 0.3) is 0 Å². The van der Waals surface area contributed by atoms with Gasteiger partial charge in [0.15, 0.2) is 5.82 Å². The normalized spacial score (nSPS) is 10.2. The van der Waals surface area contributed by atoms with E-state index in [2.05, 4.69) is 10.2 Å². The first kappa shape index (κ1) is 7.67. The van der Waals surface area contributed by atoms with E-state index >= 15 is 0 Å². The number of carbonyl (C=O) groups excluding carboxylic acids is 1. The van der Waals surface area contributed by atoms with Gasteiger partial charge in [0, 0.05) is 16.3 Å². The molecule has 0 saturated heterocycles. The highest BCUT2D eigenvalue weighted by atomic mass is 16.1. The van der Waals surface area contributed by atoms with Crippen molar-refractivity contribution in [1.82, 2.24) is 10.2 Å². The molecule has 2 aromatic rings. The number of nitrogens with two attached hydrogens (primary N) is 1. The van der Waals surface area contributed by atoms with Crippen molar-refractivity contribution in [1.29, 1.82) is 0 Å². The van der Waals surface area contributed by atoms with E-state index in [4.69, 9.17) is 5.73 Å². The molecule has 0 aliphatic carbocycles. The van der Waals surface area contributed by atoms with Crippen molar-refractivity contribution in [3.8, 4) is 0 Å². The maximum absolute atomic E-state index is 10.5. The van der Waals surface area contributed by atoms with E-state index in [1.54, 1.807) is 24.4 Å². The van der Waals surface area contributed by atoms with Crippen molar-refractivity contribution in [3.63, 3.8) is 0 Å². The molecule has 0 atom stereocenters. The first-order chi connectivity index (χ1) is 6.31. The summed E-state index contributed by atoms with van der Waals surface area (Å²) in [5.74, 6) is 0.384. The number of hydrogen-bond acceptors (Lipinski definition) is 4. The van der Waals surface area contributed by atoms with Crippen LogP contribution in [0.25, 0.3) is 10.8 Å². The Balaban J connectivity index is 2.79. The molecule has 0 amide bonds. The predicted molar refractivity (Wildman–Crippen MR) is 49.3 cm³/mol. The third-order valence-corrected chi connectivity index (χ3v) is 1.85. The lowest BCUT2D eigenvalue weighted by molar-refractivity contribution is 0.112. The quantitative estimate of drug-likeness (QED) is 0.654. The molecule has 1 heterocycles. The number of nitrogens with zero attached hydrogens (tertiary/aromatic N) is 2. The van der Waals surface area contributed by atoms with Gasteiger partial charge in [-0.05, 0) is 12.1 Å². The summed E-state index contributed by atoms with van der Waals surface area (Å²) in [6.45, 7) is 0. The summed E-state index contributed by atoms with van der Waals surface area (Å²) in [5, 5.41) is 9.05. The van der Waals surface area contributed by atoms with E-state index in [1.165, 1.54) is 0 Å². The van der Waals surface area contributed by atoms with Gasteiger partial charge in [0.05, 0.1) is 6.20 Å². The second-order valence-electron chi connectivity index (χ2n) is 2.69. The molecular formula is C9H7N3O. The van der Waals surface area contributed by atoms with E-state index in [9.17, 15) is 4.79 Å². The van der Waals surface area contributed by atoms with Crippen LogP contribution in [-0.2, 0) is 0 Å². The Bertz CT molecular complexity index is 467. The fourth-order valence-electron chi connectivity index (χ4n) is 1.20. The minimum Gasteiger partial charge on any atom is -0.382 e. The van der Waals surface area contributed by atoms with Gasteiger partial charge in [-0.1, -0.05) is 6.07 Å². The van der Waals surface area contributed by atoms with Gasteiger partial charge in [-0.2, -0.15) is 5.10 Å². The van der Waals surface area contributed by atoms with Crippen molar-refractivity contribution in [3.05, 3.63) is 30.0 Å². The Morgan fingerprint density at radius 3 is 3.00 bits per heavy atom. The van der Waals surface area contributed by atoms with Crippen LogP contribution in [0, 0.1) is 0 Å². The predicted octanol–water partition coefficient (Wildman–Crippen LogP) is 1.02. The maximum atomic E-state index is 10.5. The van der Waals surface area contributed by atoms with Crippen molar-refractivity contribution in [2.24, 2.45) is 0 Å². The minimum atomic E-state index is 0.384. The number of fused-ring (bicyclic) bond motifs is 1. The van der Waals surface area contributed by atoms with Gasteiger partial charge in [0.2, 0.25) is 0 Å². The highest BCUT2D eigenvalue weighted by molar-refractivity contribution is 5.93. The van der Waals surface area contributed by atoms with Crippen LogP contribution in [0.2, 0.25) is 0 Å². The first-order valence-electron chi connectivity index (χ1n) is 3.77. The molecular weight excluding hydrogens is 166 g/mol. The average Bonchev–Trinajstić information content (AvgIpc) is 2.18. The monoisotopic (exact) mass is 173 g/mol. The lowest BCUT2D eigenvalue weighted by atomic mass is 10.1. The van der Waals surface area contributed by atoms with Crippen LogP contribution in [0.1, 0.15) is 10.4 Å². The average molecular weight is 173 g/mol. The molecule has 2 N–H and O–H groups in total. The van der Waals surface area contributed by atoms with Crippen LogP contribution >= 0.6 is 0 Å². The molecule has 1 aromatic carbocycles. The SMILES string of the molecule is Nc1nncc2cc(C=O)ccc12. The molecule has 64 valence electrons. The molecule has 2 rings (SSSR count). The zero-order valence-electron chi connectivity index (χ0n) is 6.77. The second-order valence-corrected chi connectivity index (χ2v) is 2.69. The lowest BCUT2D eigenvalue weighted by Gasteiger charge is -1.99. The van der Waals surface area contributed by atoms with Gasteiger partial charge in [-0.15, -0.1) is 5.10 Å². The summed E-state index contributed by atoms with van der Waals surface area (Å²) in [6, 6.07) is 5.20. The van der Waals surface area contributed by atoms with Crippen molar-refractivity contribution in [2.75, 3.05) is 5.73 Å². The van der Waals surface area contributed by atoms with Crippen LogP contribution in [0.5, 0.6) is 0 Å². The Hall–Kier alpha value is -1.97. The topological polar surface area (TPSA) is 68.9 Å². The molecule has 4 nitrogen and oxygen atoms in total. The molecule has 0 bridgehead atoms. The molecule has 0 fully saturated rings. The van der Waals surface area contributed by atoms with Crippen LogP contribution in [0.4, 0.5) is 5.82 Å². The fraction of sp³-hybridized carbons (Fsp3) is 0. The number of benzene rings is 1. The highest BCUT2D eigenvalue weighted by Gasteiger charge is 1.99. The van der Waals surface area contributed by atoms with Crippen LogP contribution in [0.15, 0.2) is 24.4 Å². The van der Waals surface area contributed by atoms with E-state index in [-0.39, 0.29) is 0 Å². The Morgan fingerprint density at radius 1 is 1.38 bits per heavy atom. The van der Waals surface area contributed by atoms with Gasteiger partial charge >= 0.3 is 0 Å². The third-order valence-electron chi connectivity index (χ3n) is 1.85. The zero-order valence-corrected chi connectivity index (χ0v) is 6.77. The smallest absolute Gasteiger partial charge is 0.153 e. The molecule has 0 spiro atoms. The third kappa shape index (κ3) is 1.22. The van der Waals surface area contributed by atoms with Crippen molar-refractivity contribution >= 4 is 22.9 Å². The summed E-state index contributed by atoms with van der Waals surface area (Å²) >= 11 is 0. The van der Waals surface area contributed by atoms with Crippen LogP contribution < -0.4 is 5.73 Å². The number of aldehydes is 1. The van der Waals surface area contributed by atoms with Gasteiger partial charge < -0.3 is 5.73 Å². The summed E-state index contributed by atoms with van der Waals surface area (Å²) in [4.78, 5) is 10.5. The molecule has 4 heteroatoms. The summed E-state index contributed by atoms with van der Waals surface area (Å²) < 4.78 is 0. The van der Waals surface area contributed by atoms with E-state index in [0.717, 1.165) is 17.1 Å². The number of aromatic nitrogens is 2. The van der Waals surface area contributed by atoms with E-state index < -0.39 is 0 Å². The number of hydrogen-bond donors (Lipinski definition) is 1. The Kier molecular flexibility index (Phi) is 1.66. The number of anilines is 1. The van der Waals surface area contributed by atoms with E-state index in [1.807, 2.05) is 0 Å². The van der Waals surface area contributed by atoms with Gasteiger partial charge in [-0.3, -0.25) is 4.79 Å². The molecule has 1 aromatic heterocycles. The Morgan fingerprint density at radius 2 is 2.23 bits per heavy atom.